The quantitative estimate of drug-likeness (QED) is 0.547. The Bertz CT molecular complexity index is 446. The minimum atomic E-state index is -0.557. The van der Waals surface area contributed by atoms with E-state index >= 15 is 0 Å². The van der Waals surface area contributed by atoms with Gasteiger partial charge in [-0.2, -0.15) is 5.26 Å². The Kier molecular flexibility index (Phi) is 3.58. The fourth-order valence-corrected chi connectivity index (χ4v) is 0.958. The number of benzene rings is 1. The normalized spacial score (nSPS) is 9.93. The van der Waals surface area contributed by atoms with Crippen LogP contribution >= 0.6 is 0 Å². The van der Waals surface area contributed by atoms with Crippen LogP contribution in [0.15, 0.2) is 24.3 Å². The number of rotatable bonds is 2. The van der Waals surface area contributed by atoms with Gasteiger partial charge in [0.1, 0.15) is 5.82 Å². The minimum absolute atomic E-state index is 0.236. The molecule has 0 amide bonds. The molecule has 3 nitrogen and oxygen atoms in total. The third-order valence-electron chi connectivity index (χ3n) is 1.73. The Morgan fingerprint density at radius 2 is 2.33 bits per heavy atom. The first-order valence-electron chi connectivity index (χ1n) is 4.13. The zero-order valence-corrected chi connectivity index (χ0v) is 8.03. The highest BCUT2D eigenvalue weighted by molar-refractivity contribution is 5.86. The molecule has 0 atom stereocenters. The second kappa shape index (κ2) is 4.91. The topological polar surface area (TPSA) is 50.1 Å². The summed E-state index contributed by atoms with van der Waals surface area (Å²) < 4.78 is 17.6. The molecule has 0 unspecified atom stereocenters. The number of ether oxygens (including phenoxy) is 1. The van der Waals surface area contributed by atoms with E-state index in [2.05, 4.69) is 4.74 Å². The summed E-state index contributed by atoms with van der Waals surface area (Å²) in [4.78, 5) is 10.7. The fourth-order valence-electron chi connectivity index (χ4n) is 0.958. The van der Waals surface area contributed by atoms with Crippen LogP contribution in [-0.4, -0.2) is 13.1 Å². The molecule has 15 heavy (non-hydrogen) atoms. The first-order chi connectivity index (χ1) is 7.17. The molecule has 0 aliphatic rings. The Hall–Kier alpha value is -2.15. The number of nitrogens with zero attached hydrogens (tertiary/aromatic N) is 1. The molecule has 0 bridgehead atoms. The van der Waals surface area contributed by atoms with E-state index in [0.29, 0.717) is 0 Å². The summed E-state index contributed by atoms with van der Waals surface area (Å²) in [5.41, 5.74) is 0.474. The molecule has 4 heteroatoms. The summed E-state index contributed by atoms with van der Waals surface area (Å²) in [6, 6.07) is 5.82. The molecule has 76 valence electrons. The molecule has 0 spiro atoms. The van der Waals surface area contributed by atoms with Crippen LogP contribution in [0.5, 0.6) is 0 Å². The molecular weight excluding hydrogens is 197 g/mol. The van der Waals surface area contributed by atoms with Gasteiger partial charge in [-0.1, -0.05) is 6.07 Å². The highest BCUT2D eigenvalue weighted by Gasteiger charge is 2.00. The van der Waals surface area contributed by atoms with Gasteiger partial charge < -0.3 is 4.74 Å². The van der Waals surface area contributed by atoms with Crippen molar-refractivity contribution < 1.29 is 13.9 Å². The summed E-state index contributed by atoms with van der Waals surface area (Å²) in [5.74, 6) is -1.10. The fraction of sp³-hybridized carbons (Fsp3) is 0.0909. The van der Waals surface area contributed by atoms with Gasteiger partial charge in [-0.15, -0.1) is 0 Å². The Morgan fingerprint density at radius 3 is 2.87 bits per heavy atom. The van der Waals surface area contributed by atoms with E-state index in [1.807, 2.05) is 6.07 Å². The number of esters is 1. The Morgan fingerprint density at radius 1 is 1.60 bits per heavy atom. The van der Waals surface area contributed by atoms with Crippen LogP contribution in [-0.2, 0) is 9.53 Å². The summed E-state index contributed by atoms with van der Waals surface area (Å²) in [5, 5.41) is 8.50. The van der Waals surface area contributed by atoms with Gasteiger partial charge in [0.05, 0.1) is 18.7 Å². The first-order valence-corrected chi connectivity index (χ1v) is 4.13. The maximum Gasteiger partial charge on any atom is 0.330 e. The number of nitriles is 1. The van der Waals surface area contributed by atoms with Crippen LogP contribution in [0, 0.1) is 17.1 Å². The first kappa shape index (κ1) is 10.9. The molecule has 1 aromatic rings. The van der Waals surface area contributed by atoms with Crippen LogP contribution in [0.25, 0.3) is 6.08 Å². The number of carbonyl (C=O) groups excluding carboxylic acids is 1. The van der Waals surface area contributed by atoms with Crippen molar-refractivity contribution in [3.05, 3.63) is 41.2 Å². The second-order valence-corrected chi connectivity index (χ2v) is 2.70. The zero-order chi connectivity index (χ0) is 11.3. The van der Waals surface area contributed by atoms with Crippen molar-refractivity contribution in [2.45, 2.75) is 0 Å². The van der Waals surface area contributed by atoms with E-state index in [1.165, 1.54) is 25.3 Å². The SMILES string of the molecule is COC(=O)C=Cc1ccc(C#N)cc1F. The van der Waals surface area contributed by atoms with Crippen LogP contribution in [0.3, 0.4) is 0 Å². The Labute approximate surface area is 86.4 Å². The lowest BCUT2D eigenvalue weighted by Crippen LogP contribution is -1.94. The molecule has 0 aromatic heterocycles. The summed E-state index contributed by atoms with van der Waals surface area (Å²) in [7, 11) is 1.24. The number of hydrogen-bond donors (Lipinski definition) is 0. The van der Waals surface area contributed by atoms with E-state index in [1.54, 1.807) is 0 Å². The van der Waals surface area contributed by atoms with E-state index in [-0.39, 0.29) is 11.1 Å². The zero-order valence-electron chi connectivity index (χ0n) is 8.03. The summed E-state index contributed by atoms with van der Waals surface area (Å²) >= 11 is 0. The lowest BCUT2D eigenvalue weighted by Gasteiger charge is -1.96. The molecule has 1 rings (SSSR count). The molecule has 0 aliphatic carbocycles. The maximum absolute atomic E-state index is 13.2. The van der Waals surface area contributed by atoms with E-state index < -0.39 is 11.8 Å². The predicted molar refractivity (Wildman–Crippen MR) is 52.2 cm³/mol. The number of halogens is 1. The molecule has 0 saturated heterocycles. The third-order valence-corrected chi connectivity index (χ3v) is 1.73. The van der Waals surface area contributed by atoms with Crippen molar-refractivity contribution in [3.8, 4) is 6.07 Å². The smallest absolute Gasteiger partial charge is 0.330 e. The molecule has 0 N–H and O–H groups in total. The van der Waals surface area contributed by atoms with E-state index in [0.717, 1.165) is 12.1 Å². The van der Waals surface area contributed by atoms with Gasteiger partial charge in [0, 0.05) is 11.6 Å². The van der Waals surface area contributed by atoms with Gasteiger partial charge in [-0.3, -0.25) is 0 Å². The van der Waals surface area contributed by atoms with Crippen LogP contribution in [0.2, 0.25) is 0 Å². The molecule has 1 aromatic carbocycles. The third kappa shape index (κ3) is 2.92. The molecule has 0 heterocycles. The van der Waals surface area contributed by atoms with Crippen molar-refractivity contribution in [1.29, 1.82) is 5.26 Å². The van der Waals surface area contributed by atoms with Crippen molar-refractivity contribution in [2.75, 3.05) is 7.11 Å². The van der Waals surface area contributed by atoms with Gasteiger partial charge in [0.15, 0.2) is 0 Å². The molecule has 0 radical (unpaired) electrons. The molecule has 0 saturated carbocycles. The van der Waals surface area contributed by atoms with Crippen molar-refractivity contribution in [1.82, 2.24) is 0 Å². The molecule has 0 aliphatic heterocycles. The molecule has 0 fully saturated rings. The minimum Gasteiger partial charge on any atom is -0.466 e. The van der Waals surface area contributed by atoms with Gasteiger partial charge in [-0.05, 0) is 18.2 Å². The van der Waals surface area contributed by atoms with Crippen LogP contribution < -0.4 is 0 Å². The predicted octanol–water partition coefficient (Wildman–Crippen LogP) is 1.88. The summed E-state index contributed by atoms with van der Waals surface area (Å²) in [6.45, 7) is 0. The van der Waals surface area contributed by atoms with Crippen molar-refractivity contribution >= 4 is 12.0 Å². The van der Waals surface area contributed by atoms with E-state index in [4.69, 9.17) is 5.26 Å². The monoisotopic (exact) mass is 205 g/mol. The van der Waals surface area contributed by atoms with Crippen molar-refractivity contribution in [2.24, 2.45) is 0 Å². The van der Waals surface area contributed by atoms with Gasteiger partial charge in [0.25, 0.3) is 0 Å². The van der Waals surface area contributed by atoms with Gasteiger partial charge in [0.2, 0.25) is 0 Å². The summed E-state index contributed by atoms with van der Waals surface area (Å²) in [6.07, 6.45) is 2.41. The Balaban J connectivity index is 2.93. The maximum atomic E-state index is 13.2. The second-order valence-electron chi connectivity index (χ2n) is 2.70. The average molecular weight is 205 g/mol. The van der Waals surface area contributed by atoms with Crippen LogP contribution in [0.4, 0.5) is 4.39 Å². The number of hydrogen-bond acceptors (Lipinski definition) is 3. The van der Waals surface area contributed by atoms with Gasteiger partial charge >= 0.3 is 5.97 Å². The number of methoxy groups -OCH3 is 1. The molecular formula is C11H8FNO2. The standard InChI is InChI=1S/C11H8FNO2/c1-15-11(14)5-4-9-3-2-8(7-13)6-10(9)12/h2-6H,1H3. The van der Waals surface area contributed by atoms with Crippen molar-refractivity contribution in [3.63, 3.8) is 0 Å². The number of carbonyl (C=O) groups is 1. The largest absolute Gasteiger partial charge is 0.466 e. The van der Waals surface area contributed by atoms with Crippen LogP contribution in [0.1, 0.15) is 11.1 Å². The van der Waals surface area contributed by atoms with E-state index in [9.17, 15) is 9.18 Å². The lowest BCUT2D eigenvalue weighted by atomic mass is 10.1. The average Bonchev–Trinajstić information content (AvgIpc) is 2.26. The van der Waals surface area contributed by atoms with Gasteiger partial charge in [-0.25, -0.2) is 9.18 Å². The lowest BCUT2D eigenvalue weighted by molar-refractivity contribution is -0.134. The highest BCUT2D eigenvalue weighted by Crippen LogP contribution is 2.11. The highest BCUT2D eigenvalue weighted by atomic mass is 19.1.